The summed E-state index contributed by atoms with van der Waals surface area (Å²) in [4.78, 5) is 0. The molecular weight excluding hydrogens is 144 g/mol. The SMILES string of the molecule is C=CO[Si](CC)(CC)OC. The first-order chi connectivity index (χ1) is 4.74. The Morgan fingerprint density at radius 2 is 1.90 bits per heavy atom. The quantitative estimate of drug-likeness (QED) is 0.454. The Morgan fingerprint density at radius 1 is 1.40 bits per heavy atom. The third kappa shape index (κ3) is 2.15. The van der Waals surface area contributed by atoms with Gasteiger partial charge in [-0.05, 0) is 12.1 Å². The molecule has 3 heteroatoms. The van der Waals surface area contributed by atoms with Crippen molar-refractivity contribution in [3.63, 3.8) is 0 Å². The third-order valence-electron chi connectivity index (χ3n) is 1.75. The van der Waals surface area contributed by atoms with Crippen molar-refractivity contribution in [2.24, 2.45) is 0 Å². The van der Waals surface area contributed by atoms with E-state index in [1.807, 2.05) is 0 Å². The molecule has 0 spiro atoms. The fourth-order valence-electron chi connectivity index (χ4n) is 0.905. The summed E-state index contributed by atoms with van der Waals surface area (Å²) in [5.41, 5.74) is 0. The van der Waals surface area contributed by atoms with Crippen LogP contribution in [0, 0.1) is 0 Å². The topological polar surface area (TPSA) is 18.5 Å². The van der Waals surface area contributed by atoms with Crippen molar-refractivity contribution in [2.75, 3.05) is 7.11 Å². The van der Waals surface area contributed by atoms with E-state index in [0.717, 1.165) is 12.1 Å². The monoisotopic (exact) mass is 160 g/mol. The molecule has 0 aliphatic rings. The van der Waals surface area contributed by atoms with E-state index in [-0.39, 0.29) is 0 Å². The molecule has 0 atom stereocenters. The van der Waals surface area contributed by atoms with Crippen LogP contribution in [0.4, 0.5) is 0 Å². The number of hydrogen-bond acceptors (Lipinski definition) is 2. The maximum Gasteiger partial charge on any atom is 0.397 e. The molecule has 10 heavy (non-hydrogen) atoms. The van der Waals surface area contributed by atoms with E-state index < -0.39 is 8.56 Å². The van der Waals surface area contributed by atoms with E-state index >= 15 is 0 Å². The van der Waals surface area contributed by atoms with E-state index in [0.29, 0.717) is 0 Å². The molecule has 0 saturated heterocycles. The summed E-state index contributed by atoms with van der Waals surface area (Å²) in [6.45, 7) is 7.69. The van der Waals surface area contributed by atoms with E-state index in [4.69, 9.17) is 8.85 Å². The first-order valence-electron chi connectivity index (χ1n) is 3.58. The van der Waals surface area contributed by atoms with Gasteiger partial charge in [-0.1, -0.05) is 20.4 Å². The first kappa shape index (κ1) is 9.72. The number of hydrogen-bond donors (Lipinski definition) is 0. The predicted molar refractivity (Wildman–Crippen MR) is 45.0 cm³/mol. The van der Waals surface area contributed by atoms with Gasteiger partial charge in [0.2, 0.25) is 0 Å². The lowest BCUT2D eigenvalue weighted by Gasteiger charge is -2.24. The highest BCUT2D eigenvalue weighted by atomic mass is 28.4. The van der Waals surface area contributed by atoms with Crippen LogP contribution < -0.4 is 0 Å². The van der Waals surface area contributed by atoms with E-state index in [1.165, 1.54) is 6.26 Å². The third-order valence-corrected chi connectivity index (χ3v) is 5.24. The zero-order chi connectivity index (χ0) is 8.04. The molecule has 0 radical (unpaired) electrons. The van der Waals surface area contributed by atoms with Gasteiger partial charge in [-0.15, -0.1) is 0 Å². The largest absolute Gasteiger partial charge is 0.527 e. The van der Waals surface area contributed by atoms with Gasteiger partial charge in [-0.3, -0.25) is 0 Å². The smallest absolute Gasteiger partial charge is 0.397 e. The molecule has 0 aliphatic heterocycles. The molecule has 0 unspecified atom stereocenters. The van der Waals surface area contributed by atoms with Crippen LogP contribution in [0.15, 0.2) is 12.8 Å². The molecule has 0 aliphatic carbocycles. The second-order valence-corrected chi connectivity index (χ2v) is 5.99. The van der Waals surface area contributed by atoms with Crippen LogP contribution in [0.2, 0.25) is 12.1 Å². The minimum absolute atomic E-state index is 0.978. The normalized spacial score (nSPS) is 11.1. The van der Waals surface area contributed by atoms with Gasteiger partial charge in [0, 0.05) is 7.11 Å². The lowest BCUT2D eigenvalue weighted by Crippen LogP contribution is -2.37. The minimum Gasteiger partial charge on any atom is -0.527 e. The average molecular weight is 160 g/mol. The van der Waals surface area contributed by atoms with Crippen LogP contribution in [0.5, 0.6) is 0 Å². The molecule has 0 aromatic heterocycles. The fraction of sp³-hybridized carbons (Fsp3) is 0.714. The summed E-state index contributed by atoms with van der Waals surface area (Å²) < 4.78 is 10.7. The molecule has 0 rings (SSSR count). The molecule has 0 aromatic carbocycles. The summed E-state index contributed by atoms with van der Waals surface area (Å²) in [5.74, 6) is 0. The Bertz CT molecular complexity index is 91.5. The summed E-state index contributed by atoms with van der Waals surface area (Å²) in [7, 11) is -0.124. The molecule has 2 nitrogen and oxygen atoms in total. The Morgan fingerprint density at radius 3 is 2.00 bits per heavy atom. The maximum atomic E-state index is 5.36. The van der Waals surface area contributed by atoms with Crippen molar-refractivity contribution >= 4 is 8.56 Å². The van der Waals surface area contributed by atoms with Gasteiger partial charge in [0.15, 0.2) is 0 Å². The lowest BCUT2D eigenvalue weighted by molar-refractivity contribution is 0.272. The predicted octanol–water partition coefficient (Wildman–Crippen LogP) is 2.27. The van der Waals surface area contributed by atoms with Crippen molar-refractivity contribution < 1.29 is 8.85 Å². The van der Waals surface area contributed by atoms with Crippen LogP contribution >= 0.6 is 0 Å². The van der Waals surface area contributed by atoms with Gasteiger partial charge >= 0.3 is 8.56 Å². The molecule has 0 aromatic rings. The van der Waals surface area contributed by atoms with E-state index in [1.54, 1.807) is 7.11 Å². The van der Waals surface area contributed by atoms with E-state index in [2.05, 4.69) is 20.4 Å². The second kappa shape index (κ2) is 4.52. The first-order valence-corrected chi connectivity index (χ1v) is 5.81. The van der Waals surface area contributed by atoms with Crippen molar-refractivity contribution in [3.05, 3.63) is 12.8 Å². The van der Waals surface area contributed by atoms with Crippen molar-refractivity contribution in [1.29, 1.82) is 0 Å². The average Bonchev–Trinajstić information content (AvgIpc) is 2.01. The molecule has 60 valence electrons. The van der Waals surface area contributed by atoms with Crippen molar-refractivity contribution in [3.8, 4) is 0 Å². The Hall–Kier alpha value is -0.283. The van der Waals surface area contributed by atoms with Crippen molar-refractivity contribution in [2.45, 2.75) is 25.9 Å². The minimum atomic E-state index is -1.84. The molecule has 0 N–H and O–H groups in total. The lowest BCUT2D eigenvalue weighted by atomic mass is 10.9. The summed E-state index contributed by atoms with van der Waals surface area (Å²) >= 11 is 0. The van der Waals surface area contributed by atoms with Gasteiger partial charge in [-0.2, -0.15) is 0 Å². The highest BCUT2D eigenvalue weighted by molar-refractivity contribution is 6.67. The van der Waals surface area contributed by atoms with Gasteiger partial charge in [0.05, 0.1) is 6.26 Å². The number of rotatable bonds is 5. The van der Waals surface area contributed by atoms with Gasteiger partial charge in [-0.25, -0.2) is 0 Å². The fourth-order valence-corrected chi connectivity index (χ4v) is 2.72. The Kier molecular flexibility index (Phi) is 4.39. The van der Waals surface area contributed by atoms with Crippen LogP contribution in [0.25, 0.3) is 0 Å². The molecular formula is C7H16O2Si. The molecule has 0 saturated carbocycles. The maximum absolute atomic E-state index is 5.36. The Labute approximate surface area is 64.1 Å². The summed E-state index contributed by atoms with van der Waals surface area (Å²) in [6, 6.07) is 1.96. The molecule has 0 amide bonds. The zero-order valence-corrected chi connectivity index (χ0v) is 8.02. The van der Waals surface area contributed by atoms with Crippen LogP contribution in [0.3, 0.4) is 0 Å². The van der Waals surface area contributed by atoms with Crippen LogP contribution in [-0.2, 0) is 8.85 Å². The molecule has 0 bridgehead atoms. The van der Waals surface area contributed by atoms with Gasteiger partial charge in [0.25, 0.3) is 0 Å². The summed E-state index contributed by atoms with van der Waals surface area (Å²) in [5, 5.41) is 0. The summed E-state index contributed by atoms with van der Waals surface area (Å²) in [6.07, 6.45) is 1.49. The highest BCUT2D eigenvalue weighted by Gasteiger charge is 2.32. The zero-order valence-electron chi connectivity index (χ0n) is 7.02. The van der Waals surface area contributed by atoms with Crippen molar-refractivity contribution in [1.82, 2.24) is 0 Å². The molecule has 0 fully saturated rings. The van der Waals surface area contributed by atoms with Gasteiger partial charge < -0.3 is 8.85 Å². The second-order valence-electron chi connectivity index (χ2n) is 2.11. The standard InChI is InChI=1S/C7H16O2Si/c1-5-9-10(6-2,7-3)8-4/h5H,1,6-7H2,2-4H3. The van der Waals surface area contributed by atoms with Crippen LogP contribution in [-0.4, -0.2) is 15.7 Å². The van der Waals surface area contributed by atoms with Gasteiger partial charge in [0.1, 0.15) is 0 Å². The Balaban J connectivity index is 4.00. The van der Waals surface area contributed by atoms with E-state index in [9.17, 15) is 0 Å². The highest BCUT2D eigenvalue weighted by Crippen LogP contribution is 2.16. The van der Waals surface area contributed by atoms with Crippen LogP contribution in [0.1, 0.15) is 13.8 Å². The molecule has 0 heterocycles.